The fourth-order valence-electron chi connectivity index (χ4n) is 1.71. The number of carbonyl (C=O) groups is 1. The van der Waals surface area contributed by atoms with Gasteiger partial charge < -0.3 is 5.11 Å². The number of aromatic amines is 1. The average molecular weight is 281 g/mol. The van der Waals surface area contributed by atoms with Gasteiger partial charge in [0.25, 0.3) is 5.56 Å². The van der Waals surface area contributed by atoms with E-state index in [2.05, 4.69) is 0 Å². The number of nitrogens with one attached hydrogen (secondary N) is 1. The first-order valence-corrected chi connectivity index (χ1v) is 5.67. The summed E-state index contributed by atoms with van der Waals surface area (Å²) in [6.45, 7) is 0. The Labute approximate surface area is 111 Å². The molecule has 98 valence electrons. The molecule has 1 atom stereocenters. The summed E-state index contributed by atoms with van der Waals surface area (Å²) >= 11 is 5.63. The molecule has 0 aliphatic heterocycles. The molecule has 2 N–H and O–H groups in total. The average Bonchev–Trinajstić information content (AvgIpc) is 2.37. The smallest absolute Gasteiger partial charge is 0.331 e. The molecule has 2 aromatic rings. The molecule has 1 heterocycles. The second-order valence-corrected chi connectivity index (χ2v) is 4.20. The van der Waals surface area contributed by atoms with E-state index < -0.39 is 23.3 Å². The summed E-state index contributed by atoms with van der Waals surface area (Å²) in [5.41, 5.74) is -1.18. The van der Waals surface area contributed by atoms with Crippen LogP contribution in [0, 0.1) is 0 Å². The molecule has 2 rings (SSSR count). The highest BCUT2D eigenvalue weighted by molar-refractivity contribution is 6.30. The first kappa shape index (κ1) is 13.1. The molecule has 1 aromatic heterocycles. The Bertz CT molecular complexity index is 720. The number of hydrogen-bond acceptors (Lipinski definition) is 3. The van der Waals surface area contributed by atoms with E-state index in [1.165, 1.54) is 0 Å². The van der Waals surface area contributed by atoms with Crippen molar-refractivity contribution < 1.29 is 9.90 Å². The van der Waals surface area contributed by atoms with Crippen molar-refractivity contribution in [3.05, 3.63) is 68.0 Å². The van der Waals surface area contributed by atoms with Crippen LogP contribution in [-0.2, 0) is 4.79 Å². The molecule has 7 heteroatoms. The van der Waals surface area contributed by atoms with Crippen molar-refractivity contribution in [3.63, 3.8) is 0 Å². The van der Waals surface area contributed by atoms with Crippen molar-refractivity contribution in [1.82, 2.24) is 9.55 Å². The van der Waals surface area contributed by atoms with Crippen LogP contribution in [0.15, 0.2) is 46.1 Å². The number of H-pyrrole nitrogens is 1. The minimum absolute atomic E-state index is 0.248. The standard InChI is InChI=1S/C12H9ClN2O4/c13-8-6-15(12(19)14-10(8)16)9(11(17)18)7-4-2-1-3-5-7/h1-6,9H,(H,17,18)(H,14,16,19). The van der Waals surface area contributed by atoms with Gasteiger partial charge in [0.2, 0.25) is 0 Å². The van der Waals surface area contributed by atoms with Gasteiger partial charge >= 0.3 is 11.7 Å². The molecular formula is C12H9ClN2O4. The summed E-state index contributed by atoms with van der Waals surface area (Å²) in [7, 11) is 0. The van der Waals surface area contributed by atoms with Crippen LogP contribution in [0.2, 0.25) is 5.02 Å². The van der Waals surface area contributed by atoms with Crippen LogP contribution >= 0.6 is 11.6 Å². The van der Waals surface area contributed by atoms with Gasteiger partial charge in [-0.3, -0.25) is 14.3 Å². The summed E-state index contributed by atoms with van der Waals surface area (Å²) < 4.78 is 0.876. The topological polar surface area (TPSA) is 92.2 Å². The summed E-state index contributed by atoms with van der Waals surface area (Å²) in [6, 6.07) is 6.94. The van der Waals surface area contributed by atoms with E-state index in [1.54, 1.807) is 30.3 Å². The van der Waals surface area contributed by atoms with E-state index in [-0.39, 0.29) is 5.02 Å². The van der Waals surface area contributed by atoms with Gasteiger partial charge in [0.1, 0.15) is 5.02 Å². The van der Waals surface area contributed by atoms with Crippen molar-refractivity contribution in [1.29, 1.82) is 0 Å². The Hall–Kier alpha value is -2.34. The third-order valence-corrected chi connectivity index (χ3v) is 2.82. The zero-order valence-corrected chi connectivity index (χ0v) is 10.3. The Balaban J connectivity index is 2.65. The molecule has 0 fully saturated rings. The van der Waals surface area contributed by atoms with Gasteiger partial charge in [0, 0.05) is 6.20 Å². The van der Waals surface area contributed by atoms with Gasteiger partial charge in [-0.15, -0.1) is 0 Å². The van der Waals surface area contributed by atoms with E-state index in [0.29, 0.717) is 5.56 Å². The first-order valence-electron chi connectivity index (χ1n) is 5.29. The number of rotatable bonds is 3. The van der Waals surface area contributed by atoms with Crippen LogP contribution in [0.1, 0.15) is 11.6 Å². The van der Waals surface area contributed by atoms with Crippen molar-refractivity contribution in [2.45, 2.75) is 6.04 Å². The Kier molecular flexibility index (Phi) is 3.52. The van der Waals surface area contributed by atoms with Crippen LogP contribution in [-0.4, -0.2) is 20.6 Å². The van der Waals surface area contributed by atoms with E-state index in [1.807, 2.05) is 4.98 Å². The Morgan fingerprint density at radius 1 is 1.26 bits per heavy atom. The third kappa shape index (κ3) is 2.58. The minimum Gasteiger partial charge on any atom is -0.479 e. The number of aromatic nitrogens is 2. The fourth-order valence-corrected chi connectivity index (χ4v) is 1.86. The number of aliphatic carboxylic acids is 1. The van der Waals surface area contributed by atoms with Crippen molar-refractivity contribution >= 4 is 17.6 Å². The maximum Gasteiger partial charge on any atom is 0.331 e. The second kappa shape index (κ2) is 5.11. The van der Waals surface area contributed by atoms with Crippen LogP contribution < -0.4 is 11.2 Å². The lowest BCUT2D eigenvalue weighted by molar-refractivity contribution is -0.139. The molecule has 0 aliphatic carbocycles. The number of carboxylic acid groups (broad SMARTS) is 1. The number of benzene rings is 1. The minimum atomic E-state index is -1.25. The highest BCUT2D eigenvalue weighted by Crippen LogP contribution is 2.17. The number of carboxylic acids is 1. The van der Waals surface area contributed by atoms with Gasteiger partial charge in [0.05, 0.1) is 0 Å². The fraction of sp³-hybridized carbons (Fsp3) is 0.0833. The van der Waals surface area contributed by atoms with Crippen LogP contribution in [0.3, 0.4) is 0 Å². The monoisotopic (exact) mass is 280 g/mol. The van der Waals surface area contributed by atoms with Gasteiger partial charge in [-0.05, 0) is 5.56 Å². The lowest BCUT2D eigenvalue weighted by Crippen LogP contribution is -2.35. The predicted molar refractivity (Wildman–Crippen MR) is 68.5 cm³/mol. The maximum atomic E-state index is 11.7. The van der Waals surface area contributed by atoms with Gasteiger partial charge in [-0.25, -0.2) is 9.59 Å². The van der Waals surface area contributed by atoms with Crippen LogP contribution in [0.5, 0.6) is 0 Å². The summed E-state index contributed by atoms with van der Waals surface area (Å²) in [6.07, 6.45) is 1.02. The van der Waals surface area contributed by atoms with Gasteiger partial charge in [-0.1, -0.05) is 41.9 Å². The molecule has 1 unspecified atom stereocenters. The largest absolute Gasteiger partial charge is 0.479 e. The molecule has 1 aromatic carbocycles. The third-order valence-electron chi connectivity index (χ3n) is 2.55. The zero-order valence-electron chi connectivity index (χ0n) is 9.54. The zero-order chi connectivity index (χ0) is 14.0. The summed E-state index contributed by atoms with van der Waals surface area (Å²) in [5.74, 6) is -1.23. The predicted octanol–water partition coefficient (Wildman–Crippen LogP) is 0.864. The highest BCUT2D eigenvalue weighted by Gasteiger charge is 2.23. The van der Waals surface area contributed by atoms with Gasteiger partial charge in [-0.2, -0.15) is 0 Å². The first-order chi connectivity index (χ1) is 9.00. The normalized spacial score (nSPS) is 12.1. The van der Waals surface area contributed by atoms with Gasteiger partial charge in [0.15, 0.2) is 6.04 Å². The quantitative estimate of drug-likeness (QED) is 0.872. The van der Waals surface area contributed by atoms with Crippen LogP contribution in [0.4, 0.5) is 0 Å². The van der Waals surface area contributed by atoms with E-state index >= 15 is 0 Å². The molecule has 0 saturated heterocycles. The van der Waals surface area contributed by atoms with E-state index in [9.17, 15) is 19.5 Å². The number of nitrogens with zero attached hydrogens (tertiary/aromatic N) is 1. The molecule has 0 amide bonds. The Morgan fingerprint density at radius 3 is 2.47 bits per heavy atom. The van der Waals surface area contributed by atoms with E-state index in [4.69, 9.17) is 11.6 Å². The van der Waals surface area contributed by atoms with E-state index in [0.717, 1.165) is 10.8 Å². The van der Waals surface area contributed by atoms with Crippen molar-refractivity contribution in [3.8, 4) is 0 Å². The molecule has 6 nitrogen and oxygen atoms in total. The Morgan fingerprint density at radius 2 is 1.89 bits per heavy atom. The molecule has 0 radical (unpaired) electrons. The van der Waals surface area contributed by atoms with Crippen LogP contribution in [0.25, 0.3) is 0 Å². The number of halogens is 1. The molecule has 19 heavy (non-hydrogen) atoms. The molecular weight excluding hydrogens is 272 g/mol. The number of hydrogen-bond donors (Lipinski definition) is 2. The second-order valence-electron chi connectivity index (χ2n) is 3.80. The molecule has 0 aliphatic rings. The van der Waals surface area contributed by atoms with Crippen molar-refractivity contribution in [2.24, 2.45) is 0 Å². The summed E-state index contributed by atoms with van der Waals surface area (Å²) in [4.78, 5) is 36.2. The molecule has 0 spiro atoms. The summed E-state index contributed by atoms with van der Waals surface area (Å²) in [5, 5.41) is 9.02. The van der Waals surface area contributed by atoms with Crippen molar-refractivity contribution in [2.75, 3.05) is 0 Å². The maximum absolute atomic E-state index is 11.7. The SMILES string of the molecule is O=C(O)C(c1ccccc1)n1cc(Cl)c(=O)[nH]c1=O. The lowest BCUT2D eigenvalue weighted by Gasteiger charge is -2.15. The molecule has 0 saturated carbocycles. The highest BCUT2D eigenvalue weighted by atomic mass is 35.5. The molecule has 0 bridgehead atoms. The lowest BCUT2D eigenvalue weighted by atomic mass is 10.1.